The molecule has 0 spiro atoms. The highest BCUT2D eigenvalue weighted by Crippen LogP contribution is 2.21. The van der Waals surface area contributed by atoms with E-state index in [9.17, 15) is 9.18 Å². The fourth-order valence-corrected chi connectivity index (χ4v) is 2.06. The summed E-state index contributed by atoms with van der Waals surface area (Å²) >= 11 is 0. The van der Waals surface area contributed by atoms with Crippen molar-refractivity contribution in [3.63, 3.8) is 0 Å². The fraction of sp³-hybridized carbons (Fsp3) is 0.267. The van der Waals surface area contributed by atoms with Crippen LogP contribution in [0.2, 0.25) is 0 Å². The van der Waals surface area contributed by atoms with Crippen molar-refractivity contribution in [3.05, 3.63) is 47.8 Å². The fourth-order valence-electron chi connectivity index (χ4n) is 2.06. The minimum Gasteiger partial charge on any atom is -0.394 e. The van der Waals surface area contributed by atoms with Gasteiger partial charge in [-0.05, 0) is 17.5 Å². The summed E-state index contributed by atoms with van der Waals surface area (Å²) in [5.41, 5.74) is 0.372. The van der Waals surface area contributed by atoms with Crippen LogP contribution in [0, 0.1) is 5.82 Å². The number of halogens is 1. The molecule has 2 rings (SSSR count). The molecule has 2 aromatic carbocycles. The molecule has 0 radical (unpaired) electrons. The van der Waals surface area contributed by atoms with E-state index in [4.69, 9.17) is 9.84 Å². The largest absolute Gasteiger partial charge is 0.394 e. The zero-order chi connectivity index (χ0) is 14.5. The summed E-state index contributed by atoms with van der Waals surface area (Å²) in [7, 11) is 1.49. The van der Waals surface area contributed by atoms with Gasteiger partial charge >= 0.3 is 0 Å². The van der Waals surface area contributed by atoms with Gasteiger partial charge in [0.25, 0.3) is 5.91 Å². The first kappa shape index (κ1) is 14.4. The number of methoxy groups -OCH3 is 1. The van der Waals surface area contributed by atoms with Gasteiger partial charge in [-0.3, -0.25) is 4.79 Å². The third kappa shape index (κ3) is 2.95. The summed E-state index contributed by atoms with van der Waals surface area (Å²) in [5, 5.41) is 12.8. The Labute approximate surface area is 116 Å². The number of aliphatic hydroxyl groups is 1. The van der Waals surface area contributed by atoms with Crippen LogP contribution >= 0.6 is 0 Å². The second-order valence-electron chi connectivity index (χ2n) is 4.45. The predicted octanol–water partition coefficient (Wildman–Crippen LogP) is 1.72. The molecule has 4 nitrogen and oxygen atoms in total. The normalized spacial score (nSPS) is 12.3. The van der Waals surface area contributed by atoms with Crippen molar-refractivity contribution in [2.24, 2.45) is 0 Å². The van der Waals surface area contributed by atoms with Gasteiger partial charge in [0.2, 0.25) is 0 Å². The van der Waals surface area contributed by atoms with Gasteiger partial charge in [0.1, 0.15) is 5.82 Å². The predicted molar refractivity (Wildman–Crippen MR) is 74.1 cm³/mol. The number of hydrogen-bond acceptors (Lipinski definition) is 3. The van der Waals surface area contributed by atoms with Crippen LogP contribution in [0.1, 0.15) is 10.4 Å². The number of benzene rings is 2. The average Bonchev–Trinajstić information content (AvgIpc) is 2.47. The van der Waals surface area contributed by atoms with Gasteiger partial charge in [-0.1, -0.05) is 24.3 Å². The third-order valence-electron chi connectivity index (χ3n) is 3.04. The number of ether oxygens (including phenoxy) is 1. The van der Waals surface area contributed by atoms with E-state index in [1.54, 1.807) is 24.3 Å². The maximum absolute atomic E-state index is 13.7. The third-order valence-corrected chi connectivity index (χ3v) is 3.04. The van der Waals surface area contributed by atoms with E-state index < -0.39 is 6.04 Å². The Bertz CT molecular complexity index is 615. The Hall–Kier alpha value is -1.98. The van der Waals surface area contributed by atoms with E-state index >= 15 is 0 Å². The van der Waals surface area contributed by atoms with Crippen LogP contribution in [-0.4, -0.2) is 37.4 Å². The van der Waals surface area contributed by atoms with E-state index in [1.807, 2.05) is 0 Å². The lowest BCUT2D eigenvalue weighted by molar-refractivity contribution is 0.0841. The highest BCUT2D eigenvalue weighted by atomic mass is 19.1. The summed E-state index contributed by atoms with van der Waals surface area (Å²) in [6.45, 7) is -0.0138. The number of rotatable bonds is 5. The first-order chi connectivity index (χ1) is 9.67. The molecule has 1 amide bonds. The summed E-state index contributed by atoms with van der Waals surface area (Å²) in [6.07, 6.45) is 0. The van der Waals surface area contributed by atoms with Crippen molar-refractivity contribution in [3.8, 4) is 0 Å². The van der Waals surface area contributed by atoms with Crippen molar-refractivity contribution >= 4 is 16.7 Å². The zero-order valence-corrected chi connectivity index (χ0v) is 11.1. The molecular formula is C15H16FNO3. The lowest BCUT2D eigenvalue weighted by Gasteiger charge is -2.16. The van der Waals surface area contributed by atoms with Crippen LogP contribution in [-0.2, 0) is 4.74 Å². The van der Waals surface area contributed by atoms with Gasteiger partial charge in [-0.2, -0.15) is 0 Å². The van der Waals surface area contributed by atoms with Crippen LogP contribution in [0.5, 0.6) is 0 Å². The monoisotopic (exact) mass is 277 g/mol. The summed E-state index contributed by atoms with van der Waals surface area (Å²) < 4.78 is 18.6. The van der Waals surface area contributed by atoms with Crippen molar-refractivity contribution in [1.82, 2.24) is 5.32 Å². The second-order valence-corrected chi connectivity index (χ2v) is 4.45. The number of carbonyl (C=O) groups excluding carboxylic acids is 1. The van der Waals surface area contributed by atoms with Crippen molar-refractivity contribution in [1.29, 1.82) is 0 Å². The van der Waals surface area contributed by atoms with Crippen LogP contribution in [0.3, 0.4) is 0 Å². The molecule has 2 N–H and O–H groups in total. The first-order valence-electron chi connectivity index (χ1n) is 6.25. The Morgan fingerprint density at radius 1 is 1.30 bits per heavy atom. The molecular weight excluding hydrogens is 261 g/mol. The maximum Gasteiger partial charge on any atom is 0.252 e. The van der Waals surface area contributed by atoms with Crippen LogP contribution < -0.4 is 5.32 Å². The lowest BCUT2D eigenvalue weighted by Crippen LogP contribution is -2.40. The molecule has 0 aromatic heterocycles. The van der Waals surface area contributed by atoms with Crippen LogP contribution in [0.4, 0.5) is 4.39 Å². The van der Waals surface area contributed by atoms with E-state index in [-0.39, 0.29) is 24.9 Å². The number of hydrogen-bond donors (Lipinski definition) is 2. The molecule has 0 saturated carbocycles. The lowest BCUT2D eigenvalue weighted by atomic mass is 10.0. The van der Waals surface area contributed by atoms with Crippen molar-refractivity contribution in [2.75, 3.05) is 20.3 Å². The summed E-state index contributed by atoms with van der Waals surface area (Å²) in [4.78, 5) is 12.2. The van der Waals surface area contributed by atoms with Gasteiger partial charge in [0, 0.05) is 18.1 Å². The minimum absolute atomic E-state index is 0.210. The minimum atomic E-state index is -0.490. The molecule has 0 aliphatic carbocycles. The highest BCUT2D eigenvalue weighted by molar-refractivity contribution is 6.07. The molecule has 0 saturated heterocycles. The first-order valence-corrected chi connectivity index (χ1v) is 6.25. The van der Waals surface area contributed by atoms with E-state index in [1.165, 1.54) is 19.2 Å². The topological polar surface area (TPSA) is 58.6 Å². The highest BCUT2D eigenvalue weighted by Gasteiger charge is 2.16. The number of fused-ring (bicyclic) bond motifs is 1. The molecule has 0 fully saturated rings. The SMILES string of the molecule is COCC(CO)NC(=O)c1ccc(F)c2ccccc12. The molecule has 0 heterocycles. The molecule has 20 heavy (non-hydrogen) atoms. The number of amides is 1. The average molecular weight is 277 g/mol. The molecule has 2 aromatic rings. The quantitative estimate of drug-likeness (QED) is 0.875. The van der Waals surface area contributed by atoms with E-state index in [0.717, 1.165) is 0 Å². The molecule has 1 atom stereocenters. The summed E-state index contributed by atoms with van der Waals surface area (Å²) in [5.74, 6) is -0.731. The molecule has 0 aliphatic rings. The second kappa shape index (κ2) is 6.45. The molecule has 0 bridgehead atoms. The Balaban J connectivity index is 2.33. The standard InChI is InChI=1S/C15H16FNO3/c1-20-9-10(8-18)17-15(19)13-6-7-14(16)12-5-3-2-4-11(12)13/h2-7,10,18H,8-9H2,1H3,(H,17,19). The number of nitrogens with one attached hydrogen (secondary N) is 1. The zero-order valence-electron chi connectivity index (χ0n) is 11.1. The van der Waals surface area contributed by atoms with Crippen molar-refractivity contribution < 1.29 is 19.0 Å². The Morgan fingerprint density at radius 2 is 2.00 bits per heavy atom. The van der Waals surface area contributed by atoms with E-state index in [2.05, 4.69) is 5.32 Å². The van der Waals surface area contributed by atoms with Crippen LogP contribution in [0.15, 0.2) is 36.4 Å². The maximum atomic E-state index is 13.7. The van der Waals surface area contributed by atoms with Gasteiger partial charge < -0.3 is 15.2 Å². The van der Waals surface area contributed by atoms with Crippen molar-refractivity contribution in [2.45, 2.75) is 6.04 Å². The number of carbonyl (C=O) groups is 1. The van der Waals surface area contributed by atoms with Gasteiger partial charge in [-0.15, -0.1) is 0 Å². The van der Waals surface area contributed by atoms with Gasteiger partial charge in [-0.25, -0.2) is 4.39 Å². The van der Waals surface area contributed by atoms with E-state index in [0.29, 0.717) is 16.3 Å². The summed E-state index contributed by atoms with van der Waals surface area (Å²) in [6, 6.07) is 9.00. The Morgan fingerprint density at radius 3 is 2.65 bits per heavy atom. The smallest absolute Gasteiger partial charge is 0.252 e. The van der Waals surface area contributed by atoms with Gasteiger partial charge in [0.15, 0.2) is 0 Å². The molecule has 106 valence electrons. The molecule has 5 heteroatoms. The van der Waals surface area contributed by atoms with Crippen LogP contribution in [0.25, 0.3) is 10.8 Å². The molecule has 1 unspecified atom stereocenters. The Kier molecular flexibility index (Phi) is 4.65. The van der Waals surface area contributed by atoms with Gasteiger partial charge in [0.05, 0.1) is 19.3 Å². The molecule has 0 aliphatic heterocycles. The number of aliphatic hydroxyl groups excluding tert-OH is 1.